The van der Waals surface area contributed by atoms with Crippen molar-refractivity contribution in [1.82, 2.24) is 4.57 Å². The van der Waals surface area contributed by atoms with Crippen LogP contribution >= 0.6 is 22.7 Å². The number of fused-ring (bicyclic) bond motifs is 1. The minimum Gasteiger partial charge on any atom is -0.305 e. The summed E-state index contributed by atoms with van der Waals surface area (Å²) in [6.45, 7) is 4.52. The maximum Gasteiger partial charge on any atom is 0.324 e. The molecule has 2 aromatic heterocycles. The van der Waals surface area contributed by atoms with Gasteiger partial charge in [-0.3, -0.25) is 14.9 Å². The summed E-state index contributed by atoms with van der Waals surface area (Å²) in [4.78, 5) is 27.6. The Morgan fingerprint density at radius 1 is 1.35 bits per heavy atom. The molecule has 132 valence electrons. The minimum atomic E-state index is -0.521. The molecule has 0 unspecified atom stereocenters. The van der Waals surface area contributed by atoms with E-state index >= 15 is 0 Å². The van der Waals surface area contributed by atoms with Crippen LogP contribution in [0.3, 0.4) is 0 Å². The largest absolute Gasteiger partial charge is 0.324 e. The van der Waals surface area contributed by atoms with Crippen molar-refractivity contribution in [2.24, 2.45) is 4.99 Å². The van der Waals surface area contributed by atoms with Gasteiger partial charge in [-0.1, -0.05) is 48.5 Å². The number of thiazole rings is 1. The highest BCUT2D eigenvalue weighted by molar-refractivity contribution is 7.17. The molecule has 6 nitrogen and oxygen atoms in total. The van der Waals surface area contributed by atoms with E-state index in [-0.39, 0.29) is 16.4 Å². The molecule has 0 atom stereocenters. The van der Waals surface area contributed by atoms with Gasteiger partial charge in [-0.15, -0.1) is 6.42 Å². The fourth-order valence-corrected chi connectivity index (χ4v) is 4.24. The Morgan fingerprint density at radius 2 is 2.12 bits per heavy atom. The maximum atomic E-state index is 12.4. The molecule has 0 radical (unpaired) electrons. The van der Waals surface area contributed by atoms with E-state index in [9.17, 15) is 14.9 Å². The van der Waals surface area contributed by atoms with E-state index in [1.807, 2.05) is 16.7 Å². The van der Waals surface area contributed by atoms with Gasteiger partial charge in [0.05, 0.1) is 21.7 Å². The number of amides is 1. The van der Waals surface area contributed by atoms with Crippen LogP contribution in [0.2, 0.25) is 0 Å². The fraction of sp³-hybridized carbons (Fsp3) is 0.222. The predicted octanol–water partition coefficient (Wildman–Crippen LogP) is 4.17. The van der Waals surface area contributed by atoms with Gasteiger partial charge < -0.3 is 4.57 Å². The topological polar surface area (TPSA) is 77.5 Å². The first-order chi connectivity index (χ1) is 12.4. The van der Waals surface area contributed by atoms with Crippen molar-refractivity contribution in [1.29, 1.82) is 0 Å². The van der Waals surface area contributed by atoms with Crippen LogP contribution in [-0.2, 0) is 6.54 Å². The van der Waals surface area contributed by atoms with Crippen LogP contribution in [0.1, 0.15) is 35.0 Å². The molecule has 0 saturated carbocycles. The van der Waals surface area contributed by atoms with Gasteiger partial charge in [0, 0.05) is 6.07 Å². The third-order valence-corrected chi connectivity index (χ3v) is 5.87. The normalized spacial score (nSPS) is 11.8. The lowest BCUT2D eigenvalue weighted by molar-refractivity contribution is -0.380. The third kappa shape index (κ3) is 3.45. The van der Waals surface area contributed by atoms with Gasteiger partial charge >= 0.3 is 5.00 Å². The standard InChI is InChI=1S/C18H15N3O3S2/c1-4-9-20-13-6-5-12(11(2)3)10-15(13)26-18(20)19-17(22)14-7-8-16(25-14)21(23)24/h1,5-8,10-11H,9H2,2-3H3. The summed E-state index contributed by atoms with van der Waals surface area (Å²) < 4.78 is 2.81. The number of nitro groups is 1. The lowest BCUT2D eigenvalue weighted by atomic mass is 10.0. The zero-order valence-electron chi connectivity index (χ0n) is 14.1. The van der Waals surface area contributed by atoms with Crippen molar-refractivity contribution in [3.05, 3.63) is 55.7 Å². The summed E-state index contributed by atoms with van der Waals surface area (Å²) in [7, 11) is 0. The summed E-state index contributed by atoms with van der Waals surface area (Å²) in [5.41, 5.74) is 2.11. The SMILES string of the molecule is C#CCn1c(=NC(=O)c2ccc([N+](=O)[O-])s2)sc2cc(C(C)C)ccc21. The van der Waals surface area contributed by atoms with Crippen LogP contribution in [0.4, 0.5) is 5.00 Å². The highest BCUT2D eigenvalue weighted by Gasteiger charge is 2.16. The lowest BCUT2D eigenvalue weighted by Gasteiger charge is -2.05. The van der Waals surface area contributed by atoms with Crippen LogP contribution < -0.4 is 4.80 Å². The Morgan fingerprint density at radius 3 is 2.73 bits per heavy atom. The number of rotatable bonds is 4. The Kier molecular flexibility index (Phi) is 5.02. The average Bonchev–Trinajstić information content (AvgIpc) is 3.20. The number of thiophene rings is 1. The average molecular weight is 385 g/mol. The second-order valence-corrected chi connectivity index (χ2v) is 7.94. The Bertz CT molecular complexity index is 1110. The zero-order chi connectivity index (χ0) is 18.8. The van der Waals surface area contributed by atoms with Crippen molar-refractivity contribution in [2.45, 2.75) is 26.3 Å². The van der Waals surface area contributed by atoms with Crippen molar-refractivity contribution in [2.75, 3.05) is 0 Å². The summed E-state index contributed by atoms with van der Waals surface area (Å²) in [5.74, 6) is 2.46. The second-order valence-electron chi connectivity index (χ2n) is 5.87. The molecule has 0 N–H and O–H groups in total. The number of benzene rings is 1. The number of aromatic nitrogens is 1. The molecule has 1 aromatic carbocycles. The number of terminal acetylenes is 1. The monoisotopic (exact) mass is 385 g/mol. The minimum absolute atomic E-state index is 0.0852. The highest BCUT2D eigenvalue weighted by Crippen LogP contribution is 2.25. The van der Waals surface area contributed by atoms with Gasteiger partial charge in [0.25, 0.3) is 5.91 Å². The predicted molar refractivity (Wildman–Crippen MR) is 104 cm³/mol. The van der Waals surface area contributed by atoms with Gasteiger partial charge in [-0.25, -0.2) is 0 Å². The molecule has 2 heterocycles. The van der Waals surface area contributed by atoms with Crippen LogP contribution in [0, 0.1) is 22.5 Å². The summed E-state index contributed by atoms with van der Waals surface area (Å²) in [6.07, 6.45) is 5.47. The second kappa shape index (κ2) is 7.23. The van der Waals surface area contributed by atoms with E-state index in [4.69, 9.17) is 6.42 Å². The van der Waals surface area contributed by atoms with Crippen LogP contribution in [0.25, 0.3) is 10.2 Å². The Balaban J connectivity index is 2.11. The van der Waals surface area contributed by atoms with E-state index in [1.54, 1.807) is 0 Å². The number of carbonyl (C=O) groups excluding carboxylic acids is 1. The molecule has 8 heteroatoms. The third-order valence-electron chi connectivity index (χ3n) is 3.80. The molecular weight excluding hydrogens is 370 g/mol. The molecule has 0 aliphatic heterocycles. The van der Waals surface area contributed by atoms with E-state index in [0.29, 0.717) is 10.7 Å². The van der Waals surface area contributed by atoms with E-state index < -0.39 is 10.8 Å². The highest BCUT2D eigenvalue weighted by atomic mass is 32.1. The number of hydrogen-bond acceptors (Lipinski definition) is 5. The van der Waals surface area contributed by atoms with Gasteiger partial charge in [0.15, 0.2) is 4.80 Å². The summed E-state index contributed by atoms with van der Waals surface area (Å²) >= 11 is 2.20. The van der Waals surface area contributed by atoms with E-state index in [2.05, 4.69) is 30.8 Å². The summed E-state index contributed by atoms with van der Waals surface area (Å²) in [6, 6.07) is 8.84. The van der Waals surface area contributed by atoms with Gasteiger partial charge in [-0.05, 0) is 29.7 Å². The molecule has 0 bridgehead atoms. The first kappa shape index (κ1) is 18.0. The molecule has 26 heavy (non-hydrogen) atoms. The van der Waals surface area contributed by atoms with Gasteiger partial charge in [0.1, 0.15) is 4.88 Å². The van der Waals surface area contributed by atoms with Crippen molar-refractivity contribution >= 4 is 43.8 Å². The molecule has 0 saturated heterocycles. The van der Waals surface area contributed by atoms with Crippen molar-refractivity contribution in [3.63, 3.8) is 0 Å². The van der Waals surface area contributed by atoms with Crippen LogP contribution in [0.5, 0.6) is 0 Å². The molecular formula is C18H15N3O3S2. The van der Waals surface area contributed by atoms with Gasteiger partial charge in [0.2, 0.25) is 0 Å². The number of carbonyl (C=O) groups is 1. The van der Waals surface area contributed by atoms with Crippen LogP contribution in [0.15, 0.2) is 35.3 Å². The quantitative estimate of drug-likeness (QED) is 0.384. The number of nitrogens with zero attached hydrogens (tertiary/aromatic N) is 3. The molecule has 0 fully saturated rings. The van der Waals surface area contributed by atoms with Crippen LogP contribution in [-0.4, -0.2) is 15.4 Å². The first-order valence-electron chi connectivity index (χ1n) is 7.80. The van der Waals surface area contributed by atoms with Crippen molar-refractivity contribution in [3.8, 4) is 12.3 Å². The zero-order valence-corrected chi connectivity index (χ0v) is 15.8. The van der Waals surface area contributed by atoms with E-state index in [0.717, 1.165) is 21.6 Å². The maximum absolute atomic E-state index is 12.4. The molecule has 0 aliphatic rings. The lowest BCUT2D eigenvalue weighted by Crippen LogP contribution is -2.16. The fourth-order valence-electron chi connectivity index (χ4n) is 2.46. The molecule has 0 spiro atoms. The molecule has 3 aromatic rings. The molecule has 1 amide bonds. The first-order valence-corrected chi connectivity index (χ1v) is 9.44. The smallest absolute Gasteiger partial charge is 0.305 e. The summed E-state index contributed by atoms with van der Waals surface area (Å²) in [5, 5.41) is 10.7. The Hall–Kier alpha value is -2.76. The molecule has 0 aliphatic carbocycles. The van der Waals surface area contributed by atoms with E-state index in [1.165, 1.54) is 29.0 Å². The molecule has 3 rings (SSSR count). The van der Waals surface area contributed by atoms with Crippen molar-refractivity contribution < 1.29 is 9.72 Å². The van der Waals surface area contributed by atoms with Gasteiger partial charge in [-0.2, -0.15) is 4.99 Å². The Labute approximate surface area is 157 Å². The number of hydrogen-bond donors (Lipinski definition) is 0.